The third kappa shape index (κ3) is 5.54. The molecule has 150 valence electrons. The third-order valence-corrected chi connectivity index (χ3v) is 4.55. The van der Waals surface area contributed by atoms with Crippen LogP contribution in [0.5, 0.6) is 11.5 Å². The van der Waals surface area contributed by atoms with Crippen LogP contribution in [0.15, 0.2) is 72.3 Å². The van der Waals surface area contributed by atoms with E-state index in [9.17, 15) is 15.2 Å². The van der Waals surface area contributed by atoms with Gasteiger partial charge < -0.3 is 15.2 Å². The summed E-state index contributed by atoms with van der Waals surface area (Å²) in [5.41, 5.74) is 1.61. The zero-order chi connectivity index (χ0) is 21.5. The highest BCUT2D eigenvalue weighted by Gasteiger charge is 2.15. The number of rotatable bonds is 6. The van der Waals surface area contributed by atoms with Crippen LogP contribution in [0.2, 0.25) is 10.0 Å². The molecule has 7 heteroatoms. The van der Waals surface area contributed by atoms with Crippen LogP contribution in [0.4, 0.5) is 5.69 Å². The smallest absolute Gasteiger partial charge is 0.266 e. The fourth-order valence-electron chi connectivity index (χ4n) is 2.62. The van der Waals surface area contributed by atoms with E-state index in [2.05, 4.69) is 5.32 Å². The van der Waals surface area contributed by atoms with Crippen LogP contribution < -0.4 is 10.1 Å². The van der Waals surface area contributed by atoms with E-state index in [1.54, 1.807) is 6.07 Å². The van der Waals surface area contributed by atoms with Crippen LogP contribution in [0.1, 0.15) is 11.1 Å². The molecule has 0 radical (unpaired) electrons. The molecular weight excluding hydrogens is 423 g/mol. The molecule has 0 aromatic heterocycles. The molecule has 0 saturated heterocycles. The first-order valence-electron chi connectivity index (χ1n) is 8.84. The Balaban J connectivity index is 1.88. The Labute approximate surface area is 183 Å². The lowest BCUT2D eigenvalue weighted by atomic mass is 10.1. The Morgan fingerprint density at radius 2 is 1.80 bits per heavy atom. The molecule has 0 fully saturated rings. The van der Waals surface area contributed by atoms with Crippen molar-refractivity contribution in [3.63, 3.8) is 0 Å². The summed E-state index contributed by atoms with van der Waals surface area (Å²) in [7, 11) is 0. The van der Waals surface area contributed by atoms with Crippen molar-refractivity contribution in [2.45, 2.75) is 6.61 Å². The van der Waals surface area contributed by atoms with Crippen molar-refractivity contribution in [1.29, 1.82) is 5.26 Å². The average molecular weight is 439 g/mol. The number of aromatic hydroxyl groups is 1. The summed E-state index contributed by atoms with van der Waals surface area (Å²) in [6, 6.07) is 20.4. The number of ether oxygens (including phenoxy) is 1. The molecule has 3 rings (SSSR count). The summed E-state index contributed by atoms with van der Waals surface area (Å²) < 4.78 is 5.86. The third-order valence-electron chi connectivity index (χ3n) is 4.05. The van der Waals surface area contributed by atoms with E-state index in [-0.39, 0.29) is 23.0 Å². The van der Waals surface area contributed by atoms with Gasteiger partial charge in [0, 0.05) is 16.3 Å². The summed E-state index contributed by atoms with van der Waals surface area (Å²) >= 11 is 12.4. The molecule has 2 N–H and O–H groups in total. The number of carbonyl (C=O) groups excluding carboxylic acids is 1. The van der Waals surface area contributed by atoms with Crippen LogP contribution in [0.25, 0.3) is 6.08 Å². The van der Waals surface area contributed by atoms with Gasteiger partial charge in [0.15, 0.2) is 0 Å². The van der Waals surface area contributed by atoms with Gasteiger partial charge in [-0.15, -0.1) is 0 Å². The van der Waals surface area contributed by atoms with Gasteiger partial charge in [-0.1, -0.05) is 53.5 Å². The highest BCUT2D eigenvalue weighted by atomic mass is 35.5. The predicted octanol–water partition coefficient (Wildman–Crippen LogP) is 5.82. The molecule has 0 aliphatic heterocycles. The van der Waals surface area contributed by atoms with E-state index in [1.807, 2.05) is 36.4 Å². The Bertz CT molecular complexity index is 1120. The fraction of sp³-hybridized carbons (Fsp3) is 0.0435. The van der Waals surface area contributed by atoms with Gasteiger partial charge in [0.05, 0.1) is 5.02 Å². The Morgan fingerprint density at radius 3 is 2.47 bits per heavy atom. The lowest BCUT2D eigenvalue weighted by Gasteiger charge is -2.12. The summed E-state index contributed by atoms with van der Waals surface area (Å²) in [6.45, 7) is 0.255. The minimum absolute atomic E-state index is 0.0674. The molecule has 0 heterocycles. The van der Waals surface area contributed by atoms with E-state index < -0.39 is 5.91 Å². The van der Waals surface area contributed by atoms with E-state index in [1.165, 1.54) is 36.4 Å². The van der Waals surface area contributed by atoms with Crippen molar-refractivity contribution in [3.05, 3.63) is 93.5 Å². The largest absolute Gasteiger partial charge is 0.508 e. The number of nitriles is 1. The van der Waals surface area contributed by atoms with Crippen molar-refractivity contribution >= 4 is 40.9 Å². The van der Waals surface area contributed by atoms with Crippen LogP contribution in [0.3, 0.4) is 0 Å². The second-order valence-corrected chi connectivity index (χ2v) is 7.09. The van der Waals surface area contributed by atoms with Crippen LogP contribution in [0, 0.1) is 11.3 Å². The SMILES string of the molecule is N#C/C(=C\c1cc(Cl)cc(Cl)c1OCc1ccccc1)C(=O)Nc1ccc(O)cc1. The number of phenols is 1. The number of carbonyl (C=O) groups is 1. The molecule has 30 heavy (non-hydrogen) atoms. The van der Waals surface area contributed by atoms with Crippen LogP contribution in [-0.4, -0.2) is 11.0 Å². The maximum absolute atomic E-state index is 12.5. The maximum atomic E-state index is 12.5. The number of nitrogens with zero attached hydrogens (tertiary/aromatic N) is 1. The maximum Gasteiger partial charge on any atom is 0.266 e. The van der Waals surface area contributed by atoms with Crippen molar-refractivity contribution < 1.29 is 14.6 Å². The van der Waals surface area contributed by atoms with E-state index in [4.69, 9.17) is 27.9 Å². The molecule has 0 saturated carbocycles. The molecule has 5 nitrogen and oxygen atoms in total. The first kappa shape index (κ1) is 21.3. The highest BCUT2D eigenvalue weighted by Crippen LogP contribution is 2.34. The summed E-state index contributed by atoms with van der Waals surface area (Å²) in [4.78, 5) is 12.5. The molecule has 0 unspecified atom stereocenters. The summed E-state index contributed by atoms with van der Waals surface area (Å²) in [5, 5.41) is 22.0. The van der Waals surface area contributed by atoms with Gasteiger partial charge in [-0.25, -0.2) is 0 Å². The number of amides is 1. The molecule has 3 aromatic rings. The molecule has 1 amide bonds. The number of hydrogen-bond donors (Lipinski definition) is 2. The Kier molecular flexibility index (Phi) is 6.97. The van der Waals surface area contributed by atoms with E-state index >= 15 is 0 Å². The second-order valence-electron chi connectivity index (χ2n) is 6.25. The number of phenolic OH excluding ortho intramolecular Hbond substituents is 1. The molecule has 0 aliphatic rings. The summed E-state index contributed by atoms with van der Waals surface area (Å²) in [6.07, 6.45) is 1.37. The molecule has 0 spiro atoms. The quantitative estimate of drug-likeness (QED) is 0.288. The highest BCUT2D eigenvalue weighted by molar-refractivity contribution is 6.36. The lowest BCUT2D eigenvalue weighted by molar-refractivity contribution is -0.112. The van der Waals surface area contributed by atoms with Gasteiger partial charge in [0.1, 0.15) is 29.7 Å². The van der Waals surface area contributed by atoms with Crippen molar-refractivity contribution in [2.75, 3.05) is 5.32 Å². The lowest BCUT2D eigenvalue weighted by Crippen LogP contribution is -2.13. The van der Waals surface area contributed by atoms with Gasteiger partial charge in [0.25, 0.3) is 5.91 Å². The number of halogens is 2. The topological polar surface area (TPSA) is 82.3 Å². The molecular formula is C23H16Cl2N2O3. The number of benzene rings is 3. The minimum atomic E-state index is -0.617. The van der Waals surface area contributed by atoms with Gasteiger partial charge in [0.2, 0.25) is 0 Å². The van der Waals surface area contributed by atoms with Gasteiger partial charge >= 0.3 is 0 Å². The standard InChI is InChI=1S/C23H16Cl2N2O3/c24-18-11-16(22(21(25)12-18)30-14-15-4-2-1-3-5-15)10-17(13-26)23(29)27-19-6-8-20(28)9-7-19/h1-12,28H,14H2,(H,27,29)/b17-10+. The Hall–Kier alpha value is -3.46. The predicted molar refractivity (Wildman–Crippen MR) is 118 cm³/mol. The summed E-state index contributed by atoms with van der Waals surface area (Å²) in [5.74, 6) is -0.235. The number of hydrogen-bond acceptors (Lipinski definition) is 4. The Morgan fingerprint density at radius 1 is 1.10 bits per heavy atom. The van der Waals surface area contributed by atoms with Crippen LogP contribution >= 0.6 is 23.2 Å². The van der Waals surface area contributed by atoms with Crippen molar-refractivity contribution in [3.8, 4) is 17.6 Å². The van der Waals surface area contributed by atoms with Gasteiger partial charge in [-0.3, -0.25) is 4.79 Å². The van der Waals surface area contributed by atoms with Crippen molar-refractivity contribution in [1.82, 2.24) is 0 Å². The zero-order valence-electron chi connectivity index (χ0n) is 15.6. The second kappa shape index (κ2) is 9.84. The first-order valence-corrected chi connectivity index (χ1v) is 9.60. The normalized spacial score (nSPS) is 10.9. The number of nitrogens with one attached hydrogen (secondary N) is 1. The first-order chi connectivity index (χ1) is 14.5. The average Bonchev–Trinajstić information content (AvgIpc) is 2.73. The monoisotopic (exact) mass is 438 g/mol. The van der Waals surface area contributed by atoms with E-state index in [0.29, 0.717) is 22.0 Å². The van der Waals surface area contributed by atoms with E-state index in [0.717, 1.165) is 5.56 Å². The zero-order valence-corrected chi connectivity index (χ0v) is 17.1. The minimum Gasteiger partial charge on any atom is -0.508 e. The van der Waals surface area contributed by atoms with Crippen LogP contribution in [-0.2, 0) is 11.4 Å². The molecule has 3 aromatic carbocycles. The molecule has 0 bridgehead atoms. The fourth-order valence-corrected chi connectivity index (χ4v) is 3.18. The molecule has 0 atom stereocenters. The van der Waals surface area contributed by atoms with Gasteiger partial charge in [-0.05, 0) is 48.0 Å². The molecule has 0 aliphatic carbocycles. The number of anilines is 1. The van der Waals surface area contributed by atoms with Gasteiger partial charge in [-0.2, -0.15) is 5.26 Å². The van der Waals surface area contributed by atoms with Crippen molar-refractivity contribution in [2.24, 2.45) is 0 Å².